The second-order valence-corrected chi connectivity index (χ2v) is 4.95. The molecule has 0 fully saturated rings. The van der Waals surface area contributed by atoms with Crippen molar-refractivity contribution in [2.24, 2.45) is 0 Å². The SMILES string of the molecule is CC(Oc1ccccc1)C(=O)Nc1nnc(C(F)(F)F)s1. The number of aromatic nitrogens is 2. The summed E-state index contributed by atoms with van der Waals surface area (Å²) >= 11 is 0.257. The second kappa shape index (κ2) is 6.08. The number of anilines is 1. The number of benzene rings is 1. The van der Waals surface area contributed by atoms with Crippen molar-refractivity contribution in [2.45, 2.75) is 19.2 Å². The van der Waals surface area contributed by atoms with Crippen LogP contribution in [0.2, 0.25) is 0 Å². The van der Waals surface area contributed by atoms with E-state index in [-0.39, 0.29) is 16.5 Å². The van der Waals surface area contributed by atoms with Gasteiger partial charge in [-0.1, -0.05) is 29.5 Å². The summed E-state index contributed by atoms with van der Waals surface area (Å²) in [5.74, 6) is -0.128. The number of ether oxygens (including phenoxy) is 1. The third-order valence-electron chi connectivity index (χ3n) is 2.32. The van der Waals surface area contributed by atoms with Crippen LogP contribution >= 0.6 is 11.3 Å². The van der Waals surface area contributed by atoms with E-state index in [1.165, 1.54) is 6.92 Å². The van der Waals surface area contributed by atoms with E-state index in [2.05, 4.69) is 15.5 Å². The quantitative estimate of drug-likeness (QED) is 0.941. The summed E-state index contributed by atoms with van der Waals surface area (Å²) in [5.41, 5.74) is 0. The monoisotopic (exact) mass is 317 g/mol. The average molecular weight is 317 g/mol. The summed E-state index contributed by atoms with van der Waals surface area (Å²) in [6.07, 6.45) is -5.46. The molecule has 1 atom stereocenters. The Hall–Kier alpha value is -2.16. The highest BCUT2D eigenvalue weighted by molar-refractivity contribution is 7.15. The van der Waals surface area contributed by atoms with E-state index in [0.29, 0.717) is 5.75 Å². The Morgan fingerprint density at radius 2 is 1.95 bits per heavy atom. The van der Waals surface area contributed by atoms with Crippen molar-refractivity contribution in [2.75, 3.05) is 5.32 Å². The van der Waals surface area contributed by atoms with Gasteiger partial charge in [0.15, 0.2) is 6.10 Å². The van der Waals surface area contributed by atoms with Crippen molar-refractivity contribution in [1.82, 2.24) is 10.2 Å². The van der Waals surface area contributed by atoms with Crippen molar-refractivity contribution < 1.29 is 22.7 Å². The lowest BCUT2D eigenvalue weighted by Gasteiger charge is -2.13. The summed E-state index contributed by atoms with van der Waals surface area (Å²) in [6, 6.07) is 8.59. The highest BCUT2D eigenvalue weighted by Crippen LogP contribution is 2.33. The molecule has 1 aromatic heterocycles. The van der Waals surface area contributed by atoms with Gasteiger partial charge in [0.05, 0.1) is 0 Å². The summed E-state index contributed by atoms with van der Waals surface area (Å²) in [7, 11) is 0. The molecular weight excluding hydrogens is 307 g/mol. The van der Waals surface area contributed by atoms with Crippen molar-refractivity contribution in [3.05, 3.63) is 35.3 Å². The van der Waals surface area contributed by atoms with Gasteiger partial charge in [0.1, 0.15) is 5.75 Å². The number of carbonyl (C=O) groups is 1. The Bertz CT molecular complexity index is 616. The largest absolute Gasteiger partial charge is 0.481 e. The van der Waals surface area contributed by atoms with Gasteiger partial charge in [-0.05, 0) is 19.1 Å². The molecule has 2 aromatic rings. The van der Waals surface area contributed by atoms with Crippen molar-refractivity contribution in [1.29, 1.82) is 0 Å². The molecular formula is C12H10F3N3O2S. The van der Waals surface area contributed by atoms with E-state index in [0.717, 1.165) is 0 Å². The Morgan fingerprint density at radius 3 is 2.52 bits per heavy atom. The van der Waals surface area contributed by atoms with Crippen LogP contribution in [0.15, 0.2) is 30.3 Å². The maximum atomic E-state index is 12.4. The number of hydrogen-bond acceptors (Lipinski definition) is 5. The number of rotatable bonds is 4. The molecule has 0 saturated carbocycles. The van der Waals surface area contributed by atoms with Gasteiger partial charge in [-0.2, -0.15) is 13.2 Å². The van der Waals surface area contributed by atoms with E-state index in [9.17, 15) is 18.0 Å². The lowest BCUT2D eigenvalue weighted by molar-refractivity contribution is -0.138. The standard InChI is InChI=1S/C12H10F3N3O2S/c1-7(20-8-5-3-2-4-6-8)9(19)16-11-18-17-10(21-11)12(13,14)15/h2-7H,1H3,(H,16,18,19). The molecule has 1 amide bonds. The first-order chi connectivity index (χ1) is 9.86. The van der Waals surface area contributed by atoms with E-state index in [4.69, 9.17) is 4.74 Å². The minimum Gasteiger partial charge on any atom is -0.481 e. The number of hydrogen-bond donors (Lipinski definition) is 1. The van der Waals surface area contributed by atoms with Crippen molar-refractivity contribution in [3.63, 3.8) is 0 Å². The molecule has 0 radical (unpaired) electrons. The Kier molecular flexibility index (Phi) is 4.41. The second-order valence-electron chi connectivity index (χ2n) is 3.97. The number of nitrogens with zero attached hydrogens (tertiary/aromatic N) is 2. The maximum Gasteiger partial charge on any atom is 0.445 e. The Balaban J connectivity index is 1.96. The molecule has 0 aliphatic carbocycles. The first kappa shape index (κ1) is 15.2. The highest BCUT2D eigenvalue weighted by atomic mass is 32.1. The van der Waals surface area contributed by atoms with Crippen LogP contribution in [0.4, 0.5) is 18.3 Å². The fourth-order valence-electron chi connectivity index (χ4n) is 1.35. The predicted octanol–water partition coefficient (Wildman–Crippen LogP) is 2.96. The van der Waals surface area contributed by atoms with Crippen LogP contribution in [0, 0.1) is 0 Å². The molecule has 0 bridgehead atoms. The van der Waals surface area contributed by atoms with Gasteiger partial charge in [-0.3, -0.25) is 10.1 Å². The first-order valence-electron chi connectivity index (χ1n) is 5.79. The number of alkyl halides is 3. The Morgan fingerprint density at radius 1 is 1.29 bits per heavy atom. The molecule has 1 aromatic carbocycles. The molecule has 21 heavy (non-hydrogen) atoms. The lowest BCUT2D eigenvalue weighted by Crippen LogP contribution is -2.30. The molecule has 112 valence electrons. The summed E-state index contributed by atoms with van der Waals surface area (Å²) in [5, 5.41) is 7.14. The van der Waals surface area contributed by atoms with E-state index in [1.807, 2.05) is 0 Å². The van der Waals surface area contributed by atoms with Crippen LogP contribution in [-0.2, 0) is 11.0 Å². The molecule has 0 aliphatic heterocycles. The predicted molar refractivity (Wildman–Crippen MR) is 70.1 cm³/mol. The number of halogens is 3. The zero-order valence-electron chi connectivity index (χ0n) is 10.7. The molecule has 1 unspecified atom stereocenters. The third-order valence-corrected chi connectivity index (χ3v) is 3.21. The van der Waals surface area contributed by atoms with Gasteiger partial charge in [0.25, 0.3) is 5.91 Å². The number of carbonyl (C=O) groups excluding carboxylic acids is 1. The number of amides is 1. The summed E-state index contributed by atoms with van der Waals surface area (Å²) in [6.45, 7) is 1.48. The van der Waals surface area contributed by atoms with Crippen LogP contribution in [0.1, 0.15) is 11.9 Å². The van der Waals surface area contributed by atoms with Crippen LogP contribution < -0.4 is 10.1 Å². The van der Waals surface area contributed by atoms with E-state index in [1.54, 1.807) is 30.3 Å². The molecule has 1 N–H and O–H groups in total. The maximum absolute atomic E-state index is 12.4. The molecule has 9 heteroatoms. The van der Waals surface area contributed by atoms with Crippen molar-refractivity contribution in [3.8, 4) is 5.75 Å². The van der Waals surface area contributed by atoms with Gasteiger partial charge in [0, 0.05) is 0 Å². The van der Waals surface area contributed by atoms with Crippen LogP contribution in [0.5, 0.6) is 5.75 Å². The fraction of sp³-hybridized carbons (Fsp3) is 0.250. The summed E-state index contributed by atoms with van der Waals surface area (Å²) < 4.78 is 42.4. The lowest BCUT2D eigenvalue weighted by atomic mass is 10.3. The zero-order chi connectivity index (χ0) is 15.5. The topological polar surface area (TPSA) is 64.1 Å². The van der Waals surface area contributed by atoms with Gasteiger partial charge < -0.3 is 4.74 Å². The van der Waals surface area contributed by atoms with Crippen LogP contribution in [0.3, 0.4) is 0 Å². The normalized spacial score (nSPS) is 12.8. The van der Waals surface area contributed by atoms with Gasteiger partial charge in [0.2, 0.25) is 10.1 Å². The molecule has 1 heterocycles. The molecule has 5 nitrogen and oxygen atoms in total. The molecule has 0 aliphatic rings. The van der Waals surface area contributed by atoms with Crippen LogP contribution in [0.25, 0.3) is 0 Å². The minimum atomic E-state index is -4.58. The third kappa shape index (κ3) is 4.15. The van der Waals surface area contributed by atoms with Crippen LogP contribution in [-0.4, -0.2) is 22.2 Å². The molecule has 2 rings (SSSR count). The van der Waals surface area contributed by atoms with Gasteiger partial charge in [-0.15, -0.1) is 10.2 Å². The Labute approximate surface area is 121 Å². The fourth-order valence-corrected chi connectivity index (χ4v) is 1.97. The van der Waals surface area contributed by atoms with Gasteiger partial charge >= 0.3 is 6.18 Å². The number of para-hydroxylation sites is 1. The van der Waals surface area contributed by atoms with Crippen molar-refractivity contribution >= 4 is 22.4 Å². The van der Waals surface area contributed by atoms with E-state index >= 15 is 0 Å². The van der Waals surface area contributed by atoms with Gasteiger partial charge in [-0.25, -0.2) is 0 Å². The van der Waals surface area contributed by atoms with E-state index < -0.39 is 23.2 Å². The first-order valence-corrected chi connectivity index (χ1v) is 6.61. The minimum absolute atomic E-state index is 0.226. The smallest absolute Gasteiger partial charge is 0.445 e. The summed E-state index contributed by atoms with van der Waals surface area (Å²) in [4.78, 5) is 11.8. The average Bonchev–Trinajstić information content (AvgIpc) is 2.88. The highest BCUT2D eigenvalue weighted by Gasteiger charge is 2.36. The molecule has 0 saturated heterocycles. The number of nitrogens with one attached hydrogen (secondary N) is 1. The molecule has 0 spiro atoms. The zero-order valence-corrected chi connectivity index (χ0v) is 11.5.